The Balaban J connectivity index is 1.95. The SMILES string of the molecule is CCCC1CCCN(C(=O)C2(CC)CCNC2)CC1. The highest BCUT2D eigenvalue weighted by atomic mass is 16.2. The molecular formula is C16H30N2O. The van der Waals surface area contributed by atoms with Crippen LogP contribution >= 0.6 is 0 Å². The van der Waals surface area contributed by atoms with Gasteiger partial charge in [-0.3, -0.25) is 4.79 Å². The summed E-state index contributed by atoms with van der Waals surface area (Å²) in [6.07, 6.45) is 8.35. The molecule has 0 aromatic rings. The molecule has 2 unspecified atom stereocenters. The molecule has 2 rings (SSSR count). The predicted molar refractivity (Wildman–Crippen MR) is 79.0 cm³/mol. The van der Waals surface area contributed by atoms with E-state index in [9.17, 15) is 4.79 Å². The Labute approximate surface area is 118 Å². The lowest BCUT2D eigenvalue weighted by Crippen LogP contribution is -2.45. The fourth-order valence-corrected chi connectivity index (χ4v) is 3.78. The molecule has 2 saturated heterocycles. The minimum Gasteiger partial charge on any atom is -0.342 e. The quantitative estimate of drug-likeness (QED) is 0.848. The average molecular weight is 266 g/mol. The standard InChI is InChI=1S/C16H30N2O/c1-3-6-14-7-5-11-18(12-8-14)15(19)16(4-2)9-10-17-13-16/h14,17H,3-13H2,1-2H3. The monoisotopic (exact) mass is 266 g/mol. The first kappa shape index (κ1) is 14.8. The molecule has 2 atom stereocenters. The number of nitrogens with zero attached hydrogens (tertiary/aromatic N) is 1. The van der Waals surface area contributed by atoms with Crippen LogP contribution in [0.1, 0.15) is 58.8 Å². The Morgan fingerprint density at radius 3 is 2.79 bits per heavy atom. The second-order valence-electron chi connectivity index (χ2n) is 6.44. The van der Waals surface area contributed by atoms with Crippen LogP contribution in [0.3, 0.4) is 0 Å². The van der Waals surface area contributed by atoms with Crippen LogP contribution in [-0.2, 0) is 4.79 Å². The number of carbonyl (C=O) groups is 1. The Morgan fingerprint density at radius 2 is 2.16 bits per heavy atom. The predicted octanol–water partition coefficient (Wildman–Crippen LogP) is 2.80. The maximum absolute atomic E-state index is 12.9. The van der Waals surface area contributed by atoms with Crippen LogP contribution in [-0.4, -0.2) is 37.0 Å². The van der Waals surface area contributed by atoms with Crippen molar-refractivity contribution in [1.82, 2.24) is 10.2 Å². The number of hydrogen-bond donors (Lipinski definition) is 1. The van der Waals surface area contributed by atoms with Crippen molar-refractivity contribution in [2.75, 3.05) is 26.2 Å². The van der Waals surface area contributed by atoms with Gasteiger partial charge in [-0.15, -0.1) is 0 Å². The third-order valence-corrected chi connectivity index (χ3v) is 5.21. The van der Waals surface area contributed by atoms with Crippen molar-refractivity contribution in [1.29, 1.82) is 0 Å². The lowest BCUT2D eigenvalue weighted by Gasteiger charge is -2.32. The van der Waals surface area contributed by atoms with Gasteiger partial charge in [0.2, 0.25) is 5.91 Å². The molecule has 1 amide bonds. The molecule has 0 bridgehead atoms. The van der Waals surface area contributed by atoms with Crippen molar-refractivity contribution in [2.45, 2.75) is 58.8 Å². The van der Waals surface area contributed by atoms with E-state index in [1.807, 2.05) is 0 Å². The highest BCUT2D eigenvalue weighted by Gasteiger charge is 2.42. The Hall–Kier alpha value is -0.570. The van der Waals surface area contributed by atoms with Crippen molar-refractivity contribution in [3.63, 3.8) is 0 Å². The smallest absolute Gasteiger partial charge is 0.230 e. The van der Waals surface area contributed by atoms with Crippen molar-refractivity contribution >= 4 is 5.91 Å². The molecule has 2 aliphatic rings. The van der Waals surface area contributed by atoms with Crippen molar-refractivity contribution < 1.29 is 4.79 Å². The fourth-order valence-electron chi connectivity index (χ4n) is 3.78. The maximum Gasteiger partial charge on any atom is 0.230 e. The van der Waals surface area contributed by atoms with Crippen molar-refractivity contribution in [3.8, 4) is 0 Å². The highest BCUT2D eigenvalue weighted by molar-refractivity contribution is 5.83. The zero-order valence-electron chi connectivity index (χ0n) is 12.7. The van der Waals surface area contributed by atoms with E-state index < -0.39 is 0 Å². The van der Waals surface area contributed by atoms with Gasteiger partial charge in [0.05, 0.1) is 5.41 Å². The molecular weight excluding hydrogens is 236 g/mol. The minimum atomic E-state index is -0.0927. The highest BCUT2D eigenvalue weighted by Crippen LogP contribution is 2.33. The van der Waals surface area contributed by atoms with E-state index in [4.69, 9.17) is 0 Å². The summed E-state index contributed by atoms with van der Waals surface area (Å²) in [7, 11) is 0. The van der Waals surface area contributed by atoms with Crippen molar-refractivity contribution in [2.24, 2.45) is 11.3 Å². The molecule has 2 aliphatic heterocycles. The van der Waals surface area contributed by atoms with Gasteiger partial charge >= 0.3 is 0 Å². The van der Waals surface area contributed by atoms with E-state index in [1.54, 1.807) is 0 Å². The van der Waals surface area contributed by atoms with Gasteiger partial charge in [-0.1, -0.05) is 26.7 Å². The molecule has 3 nitrogen and oxygen atoms in total. The summed E-state index contributed by atoms with van der Waals surface area (Å²) in [5.74, 6) is 1.28. The minimum absolute atomic E-state index is 0.0927. The van der Waals surface area contributed by atoms with E-state index in [1.165, 1.54) is 32.1 Å². The number of carbonyl (C=O) groups excluding carboxylic acids is 1. The summed E-state index contributed by atoms with van der Waals surface area (Å²) < 4.78 is 0. The number of rotatable bonds is 4. The number of nitrogens with one attached hydrogen (secondary N) is 1. The van der Waals surface area contributed by atoms with E-state index in [0.717, 1.165) is 44.9 Å². The van der Waals surface area contributed by atoms with Gasteiger partial charge in [-0.05, 0) is 44.6 Å². The number of hydrogen-bond acceptors (Lipinski definition) is 2. The molecule has 0 radical (unpaired) electrons. The summed E-state index contributed by atoms with van der Waals surface area (Å²) >= 11 is 0. The van der Waals surface area contributed by atoms with E-state index in [0.29, 0.717) is 5.91 Å². The molecule has 19 heavy (non-hydrogen) atoms. The molecule has 0 aromatic heterocycles. The summed E-state index contributed by atoms with van der Waals surface area (Å²) in [6.45, 7) is 8.31. The molecule has 0 spiro atoms. The topological polar surface area (TPSA) is 32.3 Å². The van der Waals surface area contributed by atoms with E-state index in [2.05, 4.69) is 24.1 Å². The first-order valence-electron chi connectivity index (χ1n) is 8.22. The van der Waals surface area contributed by atoms with Crippen LogP contribution in [0.15, 0.2) is 0 Å². The van der Waals surface area contributed by atoms with Gasteiger partial charge in [-0.2, -0.15) is 0 Å². The molecule has 110 valence electrons. The molecule has 0 aliphatic carbocycles. The van der Waals surface area contributed by atoms with Crippen LogP contribution in [0.5, 0.6) is 0 Å². The van der Waals surface area contributed by atoms with E-state index in [-0.39, 0.29) is 5.41 Å². The third kappa shape index (κ3) is 3.31. The van der Waals surface area contributed by atoms with Crippen LogP contribution in [0, 0.1) is 11.3 Å². The fraction of sp³-hybridized carbons (Fsp3) is 0.938. The number of likely N-dealkylation sites (tertiary alicyclic amines) is 1. The second-order valence-corrected chi connectivity index (χ2v) is 6.44. The summed E-state index contributed by atoms with van der Waals surface area (Å²) in [4.78, 5) is 15.0. The maximum atomic E-state index is 12.9. The molecule has 2 fully saturated rings. The molecule has 0 saturated carbocycles. The summed E-state index contributed by atoms with van der Waals surface area (Å²) in [5, 5.41) is 3.38. The van der Waals surface area contributed by atoms with Gasteiger partial charge in [0.1, 0.15) is 0 Å². The van der Waals surface area contributed by atoms with Crippen LogP contribution in [0.4, 0.5) is 0 Å². The molecule has 1 N–H and O–H groups in total. The molecule has 2 heterocycles. The van der Waals surface area contributed by atoms with Crippen molar-refractivity contribution in [3.05, 3.63) is 0 Å². The van der Waals surface area contributed by atoms with Gasteiger partial charge < -0.3 is 10.2 Å². The lowest BCUT2D eigenvalue weighted by molar-refractivity contribution is -0.141. The lowest BCUT2D eigenvalue weighted by atomic mass is 9.82. The second kappa shape index (κ2) is 6.74. The van der Waals surface area contributed by atoms with Gasteiger partial charge in [0, 0.05) is 19.6 Å². The summed E-state index contributed by atoms with van der Waals surface area (Å²) in [6, 6.07) is 0. The Bertz CT molecular complexity index is 297. The van der Waals surface area contributed by atoms with Crippen LogP contribution in [0.2, 0.25) is 0 Å². The van der Waals surface area contributed by atoms with Gasteiger partial charge in [-0.25, -0.2) is 0 Å². The van der Waals surface area contributed by atoms with Crippen LogP contribution < -0.4 is 5.32 Å². The average Bonchev–Trinajstić information content (AvgIpc) is 2.80. The van der Waals surface area contributed by atoms with Gasteiger partial charge in [0.15, 0.2) is 0 Å². The summed E-state index contributed by atoms with van der Waals surface area (Å²) in [5.41, 5.74) is -0.0927. The largest absolute Gasteiger partial charge is 0.342 e. The normalized spacial score (nSPS) is 32.3. The first-order chi connectivity index (χ1) is 9.22. The van der Waals surface area contributed by atoms with Gasteiger partial charge in [0.25, 0.3) is 0 Å². The third-order valence-electron chi connectivity index (χ3n) is 5.21. The number of amides is 1. The zero-order chi connectivity index (χ0) is 13.7. The Morgan fingerprint density at radius 1 is 1.32 bits per heavy atom. The molecule has 0 aromatic carbocycles. The Kier molecular flexibility index (Phi) is 5.26. The molecule has 3 heteroatoms. The first-order valence-corrected chi connectivity index (χ1v) is 8.22. The van der Waals surface area contributed by atoms with E-state index >= 15 is 0 Å². The van der Waals surface area contributed by atoms with Crippen LogP contribution in [0.25, 0.3) is 0 Å². The zero-order valence-corrected chi connectivity index (χ0v) is 12.7.